The molecule has 1 N–H and O–H groups in total. The fourth-order valence-corrected chi connectivity index (χ4v) is 2.50. The van der Waals surface area contributed by atoms with E-state index in [1.165, 1.54) is 35.2 Å². The second-order valence-corrected chi connectivity index (χ2v) is 5.35. The van der Waals surface area contributed by atoms with Crippen LogP contribution in [0.25, 0.3) is 22.8 Å². The standard InChI is InChI=1S/C18H10F3N3O2/c19-18(20,21)13-3-5-14(6-4-13)24-10-12(8-11(9-22)17(25)26)15-2-1-7-23-16(15)24/h1-8,10H,(H,25,26)/b11-8+. The molecule has 0 bridgehead atoms. The van der Waals surface area contributed by atoms with Crippen LogP contribution in [0.4, 0.5) is 13.2 Å². The van der Waals surface area contributed by atoms with Gasteiger partial charge in [0.2, 0.25) is 0 Å². The average molecular weight is 357 g/mol. The Labute approximate surface area is 145 Å². The fourth-order valence-electron chi connectivity index (χ4n) is 2.50. The predicted molar refractivity (Wildman–Crippen MR) is 87.3 cm³/mol. The third-order valence-electron chi connectivity index (χ3n) is 3.72. The summed E-state index contributed by atoms with van der Waals surface area (Å²) in [5.74, 6) is -1.37. The van der Waals surface area contributed by atoms with Crippen LogP contribution in [0.1, 0.15) is 11.1 Å². The molecule has 0 spiro atoms. The van der Waals surface area contributed by atoms with Crippen LogP contribution < -0.4 is 0 Å². The van der Waals surface area contributed by atoms with Crippen molar-refractivity contribution < 1.29 is 23.1 Å². The lowest BCUT2D eigenvalue weighted by atomic mass is 10.1. The summed E-state index contributed by atoms with van der Waals surface area (Å²) in [6.45, 7) is 0. The van der Waals surface area contributed by atoms with Crippen molar-refractivity contribution in [1.82, 2.24) is 9.55 Å². The van der Waals surface area contributed by atoms with Crippen molar-refractivity contribution >= 4 is 23.1 Å². The van der Waals surface area contributed by atoms with Gasteiger partial charge < -0.3 is 9.67 Å². The second kappa shape index (κ2) is 6.37. The number of rotatable bonds is 3. The minimum Gasteiger partial charge on any atom is -0.477 e. The SMILES string of the molecule is N#C/C(=C\c1cn(-c2ccc(C(F)(F)F)cc2)c2ncccc12)C(=O)O. The van der Waals surface area contributed by atoms with Gasteiger partial charge in [-0.05, 0) is 42.5 Å². The molecule has 0 aliphatic carbocycles. The van der Waals surface area contributed by atoms with E-state index < -0.39 is 23.3 Å². The van der Waals surface area contributed by atoms with E-state index in [-0.39, 0.29) is 0 Å². The number of carboxylic acids is 1. The van der Waals surface area contributed by atoms with Crippen LogP contribution in [0.3, 0.4) is 0 Å². The number of hydrogen-bond acceptors (Lipinski definition) is 3. The van der Waals surface area contributed by atoms with Crippen LogP contribution in [0.5, 0.6) is 0 Å². The normalized spacial score (nSPS) is 12.2. The topological polar surface area (TPSA) is 78.9 Å². The lowest BCUT2D eigenvalue weighted by Gasteiger charge is -2.08. The highest BCUT2D eigenvalue weighted by Crippen LogP contribution is 2.31. The number of nitrogens with zero attached hydrogens (tertiary/aromatic N) is 3. The maximum atomic E-state index is 12.7. The largest absolute Gasteiger partial charge is 0.477 e. The number of hydrogen-bond donors (Lipinski definition) is 1. The number of carbonyl (C=O) groups is 1. The van der Waals surface area contributed by atoms with Crippen molar-refractivity contribution in [2.75, 3.05) is 0 Å². The maximum absolute atomic E-state index is 12.7. The summed E-state index contributed by atoms with van der Waals surface area (Å²) in [6.07, 6.45) is -0.196. The molecule has 8 heteroatoms. The van der Waals surface area contributed by atoms with Gasteiger partial charge in [-0.2, -0.15) is 18.4 Å². The third kappa shape index (κ3) is 3.15. The van der Waals surface area contributed by atoms with Crippen LogP contribution in [-0.2, 0) is 11.0 Å². The van der Waals surface area contributed by atoms with E-state index in [1.54, 1.807) is 18.2 Å². The monoisotopic (exact) mass is 357 g/mol. The molecule has 2 heterocycles. The van der Waals surface area contributed by atoms with Gasteiger partial charge in [-0.3, -0.25) is 0 Å². The first-order chi connectivity index (χ1) is 12.3. The first-order valence-corrected chi connectivity index (χ1v) is 7.30. The van der Waals surface area contributed by atoms with Crippen molar-refractivity contribution in [3.63, 3.8) is 0 Å². The summed E-state index contributed by atoms with van der Waals surface area (Å²) in [6, 6.07) is 9.43. The number of alkyl halides is 3. The molecule has 130 valence electrons. The van der Waals surface area contributed by atoms with Gasteiger partial charge in [-0.1, -0.05) is 0 Å². The molecule has 0 unspecified atom stereocenters. The predicted octanol–water partition coefficient (Wildman–Crippen LogP) is 4.04. The molecule has 0 atom stereocenters. The van der Waals surface area contributed by atoms with Gasteiger partial charge in [0.05, 0.1) is 5.56 Å². The van der Waals surface area contributed by atoms with E-state index in [1.807, 2.05) is 0 Å². The number of aliphatic carboxylic acids is 1. The van der Waals surface area contributed by atoms with Crippen molar-refractivity contribution in [2.45, 2.75) is 6.18 Å². The number of pyridine rings is 1. The minimum absolute atomic E-state index is 0.423. The van der Waals surface area contributed by atoms with Crippen molar-refractivity contribution in [1.29, 1.82) is 5.26 Å². The molecule has 0 saturated carbocycles. The highest BCUT2D eigenvalue weighted by molar-refractivity contribution is 6.00. The van der Waals surface area contributed by atoms with Crippen molar-refractivity contribution in [3.8, 4) is 11.8 Å². The molecule has 0 aliphatic rings. The smallest absolute Gasteiger partial charge is 0.416 e. The van der Waals surface area contributed by atoms with E-state index in [9.17, 15) is 18.0 Å². The summed E-state index contributed by atoms with van der Waals surface area (Å²) >= 11 is 0. The van der Waals surface area contributed by atoms with Gasteiger partial charge in [-0.25, -0.2) is 9.78 Å². The average Bonchev–Trinajstić information content (AvgIpc) is 2.97. The molecular weight excluding hydrogens is 347 g/mol. The molecule has 0 fully saturated rings. The maximum Gasteiger partial charge on any atom is 0.416 e. The Kier molecular flexibility index (Phi) is 4.22. The minimum atomic E-state index is -4.44. The molecule has 3 aromatic rings. The molecule has 0 aliphatic heterocycles. The van der Waals surface area contributed by atoms with E-state index in [0.717, 1.165) is 12.1 Å². The zero-order valence-corrected chi connectivity index (χ0v) is 13.0. The van der Waals surface area contributed by atoms with Gasteiger partial charge in [0.1, 0.15) is 17.3 Å². The van der Waals surface area contributed by atoms with Gasteiger partial charge in [0.15, 0.2) is 0 Å². The lowest BCUT2D eigenvalue weighted by Crippen LogP contribution is -2.05. The number of halogens is 3. The van der Waals surface area contributed by atoms with Crippen molar-refractivity contribution in [2.24, 2.45) is 0 Å². The summed E-state index contributed by atoms with van der Waals surface area (Å²) in [4.78, 5) is 15.3. The fraction of sp³-hybridized carbons (Fsp3) is 0.0556. The summed E-state index contributed by atoms with van der Waals surface area (Å²) in [5.41, 5.74) is 0.0482. The molecule has 26 heavy (non-hydrogen) atoms. The first kappa shape index (κ1) is 17.2. The Morgan fingerprint density at radius 2 is 1.92 bits per heavy atom. The van der Waals surface area contributed by atoms with E-state index in [0.29, 0.717) is 22.3 Å². The Morgan fingerprint density at radius 1 is 1.23 bits per heavy atom. The van der Waals surface area contributed by atoms with Crippen LogP contribution in [0, 0.1) is 11.3 Å². The van der Waals surface area contributed by atoms with E-state index >= 15 is 0 Å². The summed E-state index contributed by atoms with van der Waals surface area (Å²) in [5, 5.41) is 18.5. The molecule has 0 amide bonds. The van der Waals surface area contributed by atoms with Crippen LogP contribution in [0.2, 0.25) is 0 Å². The number of aromatic nitrogens is 2. The summed E-state index contributed by atoms with van der Waals surface area (Å²) in [7, 11) is 0. The van der Waals surface area contributed by atoms with Gasteiger partial charge >= 0.3 is 12.1 Å². The van der Waals surface area contributed by atoms with Gasteiger partial charge in [0, 0.05) is 29.0 Å². The Bertz CT molecular complexity index is 1060. The number of carboxylic acid groups (broad SMARTS) is 1. The Hall–Kier alpha value is -3.60. The number of nitriles is 1. The van der Waals surface area contributed by atoms with E-state index in [4.69, 9.17) is 10.4 Å². The Balaban J connectivity index is 2.16. The lowest BCUT2D eigenvalue weighted by molar-refractivity contribution is -0.137. The van der Waals surface area contributed by atoms with Crippen LogP contribution in [-0.4, -0.2) is 20.6 Å². The highest BCUT2D eigenvalue weighted by atomic mass is 19.4. The molecule has 3 rings (SSSR count). The van der Waals surface area contributed by atoms with Crippen LogP contribution >= 0.6 is 0 Å². The highest BCUT2D eigenvalue weighted by Gasteiger charge is 2.30. The zero-order valence-electron chi connectivity index (χ0n) is 13.0. The molecule has 0 radical (unpaired) electrons. The first-order valence-electron chi connectivity index (χ1n) is 7.30. The van der Waals surface area contributed by atoms with Crippen LogP contribution in [0.15, 0.2) is 54.4 Å². The number of fused-ring (bicyclic) bond motifs is 1. The molecular formula is C18H10F3N3O2. The second-order valence-electron chi connectivity index (χ2n) is 5.35. The molecule has 0 saturated heterocycles. The Morgan fingerprint density at radius 3 is 2.50 bits per heavy atom. The molecule has 1 aromatic carbocycles. The van der Waals surface area contributed by atoms with Gasteiger partial charge in [0.25, 0.3) is 0 Å². The van der Waals surface area contributed by atoms with Gasteiger partial charge in [-0.15, -0.1) is 0 Å². The quantitative estimate of drug-likeness (QED) is 0.567. The number of benzene rings is 1. The molecule has 2 aromatic heterocycles. The zero-order chi connectivity index (χ0) is 18.9. The molecule has 5 nitrogen and oxygen atoms in total. The summed E-state index contributed by atoms with van der Waals surface area (Å²) < 4.78 is 39.7. The van der Waals surface area contributed by atoms with Crippen molar-refractivity contribution in [3.05, 3.63) is 65.5 Å². The van der Waals surface area contributed by atoms with E-state index in [2.05, 4.69) is 4.98 Å². The third-order valence-corrected chi connectivity index (χ3v) is 3.72.